The molecular weight excluding hydrogens is 536 g/mol. The first-order valence-corrected chi connectivity index (χ1v) is 13.5. The Balaban J connectivity index is 1.42. The molecule has 13 heteroatoms. The number of hydrogen-bond donors (Lipinski definition) is 4. The molecule has 1 aliphatic rings. The average Bonchev–Trinajstić information content (AvgIpc) is 3.67. The zero-order valence-electron chi connectivity index (χ0n) is 23.2. The number of methoxy groups -OCH3 is 1. The number of aryl methyl sites for hydroxylation is 1. The third-order valence-corrected chi connectivity index (χ3v) is 6.87. The van der Waals surface area contributed by atoms with Gasteiger partial charge in [0.1, 0.15) is 18.2 Å². The highest BCUT2D eigenvalue weighted by atomic mass is 16.5. The normalized spacial score (nSPS) is 14.9. The van der Waals surface area contributed by atoms with Gasteiger partial charge in [-0.15, -0.1) is 5.10 Å². The number of aromatic amines is 1. The second kappa shape index (κ2) is 12.8. The fourth-order valence-electron chi connectivity index (χ4n) is 4.81. The van der Waals surface area contributed by atoms with Gasteiger partial charge in [0.2, 0.25) is 5.91 Å². The number of hydrogen-bond acceptors (Lipinski definition) is 9. The lowest BCUT2D eigenvalue weighted by molar-refractivity contribution is -0.117. The molecule has 0 saturated carbocycles. The maximum absolute atomic E-state index is 13.2. The van der Waals surface area contributed by atoms with E-state index < -0.39 is 12.1 Å². The van der Waals surface area contributed by atoms with E-state index in [0.29, 0.717) is 30.2 Å². The van der Waals surface area contributed by atoms with E-state index in [0.717, 1.165) is 47.3 Å². The topological polar surface area (TPSA) is 176 Å². The summed E-state index contributed by atoms with van der Waals surface area (Å²) in [6.07, 6.45) is 7.42. The summed E-state index contributed by atoms with van der Waals surface area (Å²) in [5, 5.41) is 30.4. The number of aromatic nitrogens is 6. The van der Waals surface area contributed by atoms with Crippen LogP contribution in [0.2, 0.25) is 0 Å². The number of nitrogens with one attached hydrogen (secondary N) is 4. The number of tetrazole rings is 1. The summed E-state index contributed by atoms with van der Waals surface area (Å²) in [6, 6.07) is 12.9. The summed E-state index contributed by atoms with van der Waals surface area (Å²) < 4.78 is 6.25. The molecule has 0 spiro atoms. The number of ether oxygens (including phenoxy) is 1. The van der Waals surface area contributed by atoms with Gasteiger partial charge in [0.15, 0.2) is 5.69 Å². The Bertz CT molecular complexity index is 1650. The first kappa shape index (κ1) is 28.0. The number of H-pyrrole nitrogens is 1. The van der Waals surface area contributed by atoms with Crippen molar-refractivity contribution in [3.8, 4) is 23.0 Å². The average molecular weight is 567 g/mol. The molecule has 4 aromatic rings. The monoisotopic (exact) mass is 566 g/mol. The second-order valence-corrected chi connectivity index (χ2v) is 9.82. The molecule has 5 rings (SSSR count). The molecule has 2 aromatic carbocycles. The van der Waals surface area contributed by atoms with Crippen molar-refractivity contribution in [2.45, 2.75) is 38.6 Å². The minimum atomic E-state index is -0.577. The van der Waals surface area contributed by atoms with Crippen LogP contribution in [0.4, 0.5) is 16.2 Å². The molecule has 1 aliphatic heterocycles. The van der Waals surface area contributed by atoms with Crippen LogP contribution >= 0.6 is 0 Å². The lowest BCUT2D eigenvalue weighted by Gasteiger charge is -2.18. The van der Waals surface area contributed by atoms with E-state index in [9.17, 15) is 14.9 Å². The number of anilines is 2. The number of nitriles is 1. The zero-order chi connectivity index (χ0) is 29.5. The summed E-state index contributed by atoms with van der Waals surface area (Å²) in [6.45, 7) is 2.66. The van der Waals surface area contributed by atoms with E-state index in [2.05, 4.69) is 47.5 Å². The summed E-state index contributed by atoms with van der Waals surface area (Å²) in [5.41, 5.74) is 5.30. The molecule has 2 aromatic heterocycles. The van der Waals surface area contributed by atoms with E-state index in [4.69, 9.17) is 4.74 Å². The zero-order valence-corrected chi connectivity index (χ0v) is 23.2. The number of nitrogens with zero attached hydrogens (tertiary/aromatic N) is 6. The van der Waals surface area contributed by atoms with E-state index in [1.54, 1.807) is 29.0 Å². The van der Waals surface area contributed by atoms with Crippen LogP contribution in [0, 0.1) is 18.3 Å². The van der Waals surface area contributed by atoms with Crippen molar-refractivity contribution in [2.24, 2.45) is 0 Å². The Hall–Kier alpha value is -5.51. The Morgan fingerprint density at radius 3 is 2.86 bits per heavy atom. The van der Waals surface area contributed by atoms with Crippen LogP contribution in [0.5, 0.6) is 0 Å². The fourth-order valence-corrected chi connectivity index (χ4v) is 4.81. The number of rotatable bonds is 5. The van der Waals surface area contributed by atoms with Gasteiger partial charge in [-0.25, -0.2) is 9.78 Å². The Labute approximate surface area is 242 Å². The number of amides is 2. The number of imidazole rings is 1. The molecule has 13 nitrogen and oxygen atoms in total. The number of benzene rings is 2. The standard InChI is InChI=1S/C29H30N10O3/c1-18-7-11-25(39-17-32-37-38-39)19(14-18)8-12-26(40)34-22-6-4-3-5-13-31-23-15-20(33-29(41)42-2)9-10-21(23)27-24(16-30)35-28(22)36-27/h7-12,14-15,17,22,31H,3-6,13H2,1-2H3,(H,33,41)(H,34,40)(H,35,36). The van der Waals surface area contributed by atoms with E-state index >= 15 is 0 Å². The summed E-state index contributed by atoms with van der Waals surface area (Å²) >= 11 is 0. The van der Waals surface area contributed by atoms with Gasteiger partial charge in [-0.2, -0.15) is 9.94 Å². The minimum Gasteiger partial charge on any atom is -0.453 e. The maximum atomic E-state index is 13.2. The number of carbonyl (C=O) groups excluding carboxylic acids is 2. The molecule has 0 radical (unpaired) electrons. The lowest BCUT2D eigenvalue weighted by atomic mass is 10.0. The van der Waals surface area contributed by atoms with Crippen molar-refractivity contribution in [1.82, 2.24) is 35.5 Å². The van der Waals surface area contributed by atoms with Crippen molar-refractivity contribution in [3.63, 3.8) is 0 Å². The van der Waals surface area contributed by atoms with E-state index in [1.807, 2.05) is 25.1 Å². The Morgan fingerprint density at radius 2 is 2.07 bits per heavy atom. The minimum absolute atomic E-state index is 0.210. The quantitative estimate of drug-likeness (QED) is 0.257. The largest absolute Gasteiger partial charge is 0.453 e. The molecule has 2 amide bonds. The van der Waals surface area contributed by atoms with Gasteiger partial charge in [0.25, 0.3) is 0 Å². The van der Waals surface area contributed by atoms with Crippen LogP contribution in [-0.4, -0.2) is 55.8 Å². The second-order valence-electron chi connectivity index (χ2n) is 9.82. The van der Waals surface area contributed by atoms with Crippen LogP contribution < -0.4 is 16.0 Å². The number of carbonyl (C=O) groups is 2. The highest BCUT2D eigenvalue weighted by Crippen LogP contribution is 2.34. The van der Waals surface area contributed by atoms with Crippen molar-refractivity contribution in [1.29, 1.82) is 5.26 Å². The van der Waals surface area contributed by atoms with Crippen LogP contribution in [0.15, 0.2) is 48.8 Å². The molecule has 214 valence electrons. The van der Waals surface area contributed by atoms with E-state index in [-0.39, 0.29) is 11.6 Å². The SMILES string of the molecule is COC(=O)Nc1ccc2c(c1)NCCCCCC(NC(=O)C=Cc1cc(C)ccc1-n1cnnn1)c1nc(C#N)c-2[nH]1. The van der Waals surface area contributed by atoms with E-state index in [1.165, 1.54) is 19.5 Å². The predicted molar refractivity (Wildman–Crippen MR) is 156 cm³/mol. The third kappa shape index (κ3) is 6.44. The lowest BCUT2D eigenvalue weighted by Crippen LogP contribution is -2.28. The van der Waals surface area contributed by atoms with Gasteiger partial charge in [-0.05, 0) is 66.6 Å². The molecule has 0 saturated heterocycles. The van der Waals surface area contributed by atoms with Crippen LogP contribution in [-0.2, 0) is 9.53 Å². The van der Waals surface area contributed by atoms with Crippen molar-refractivity contribution >= 4 is 29.5 Å². The van der Waals surface area contributed by atoms with Crippen molar-refractivity contribution in [2.75, 3.05) is 24.3 Å². The first-order valence-electron chi connectivity index (χ1n) is 13.5. The van der Waals surface area contributed by atoms with Gasteiger partial charge in [0.05, 0.1) is 24.5 Å². The molecule has 2 bridgehead atoms. The molecule has 0 aliphatic carbocycles. The summed E-state index contributed by atoms with van der Waals surface area (Å²) in [5.74, 6) is 0.199. The Morgan fingerprint density at radius 1 is 1.19 bits per heavy atom. The van der Waals surface area contributed by atoms with Gasteiger partial charge < -0.3 is 20.4 Å². The molecule has 42 heavy (non-hydrogen) atoms. The molecule has 3 heterocycles. The van der Waals surface area contributed by atoms with Gasteiger partial charge in [-0.1, -0.05) is 24.5 Å². The van der Waals surface area contributed by atoms with Crippen molar-refractivity contribution in [3.05, 3.63) is 71.4 Å². The van der Waals surface area contributed by atoms with Gasteiger partial charge in [-0.3, -0.25) is 10.1 Å². The first-order chi connectivity index (χ1) is 20.4. The molecular formula is C29H30N10O3. The van der Waals surface area contributed by atoms with Crippen LogP contribution in [0.25, 0.3) is 23.0 Å². The Kier molecular flexibility index (Phi) is 8.53. The highest BCUT2D eigenvalue weighted by Gasteiger charge is 2.23. The summed E-state index contributed by atoms with van der Waals surface area (Å²) in [4.78, 5) is 32.8. The maximum Gasteiger partial charge on any atom is 0.411 e. The smallest absolute Gasteiger partial charge is 0.411 e. The molecule has 4 N–H and O–H groups in total. The summed E-state index contributed by atoms with van der Waals surface area (Å²) in [7, 11) is 1.30. The fraction of sp³-hybridized carbons (Fsp3) is 0.276. The number of fused-ring (bicyclic) bond motifs is 4. The highest BCUT2D eigenvalue weighted by molar-refractivity contribution is 5.92. The molecule has 1 unspecified atom stereocenters. The van der Waals surface area contributed by atoms with Crippen molar-refractivity contribution < 1.29 is 14.3 Å². The molecule has 1 atom stereocenters. The third-order valence-electron chi connectivity index (χ3n) is 6.87. The van der Waals surface area contributed by atoms with Gasteiger partial charge in [0, 0.05) is 35.1 Å². The molecule has 0 fully saturated rings. The van der Waals surface area contributed by atoms with Crippen LogP contribution in [0.1, 0.15) is 54.4 Å². The predicted octanol–water partition coefficient (Wildman–Crippen LogP) is 4.27. The van der Waals surface area contributed by atoms with Gasteiger partial charge >= 0.3 is 6.09 Å². The van der Waals surface area contributed by atoms with Crippen LogP contribution in [0.3, 0.4) is 0 Å².